The first-order valence-electron chi connectivity index (χ1n) is 7.26. The van der Waals surface area contributed by atoms with Crippen molar-refractivity contribution in [2.75, 3.05) is 26.0 Å². The second kappa shape index (κ2) is 9.02. The van der Waals surface area contributed by atoms with Crippen LogP contribution in [0.4, 0.5) is 0 Å². The molecular weight excluding hydrogens is 288 g/mol. The lowest BCUT2D eigenvalue weighted by molar-refractivity contribution is 0.289. The van der Waals surface area contributed by atoms with Gasteiger partial charge in [0.25, 0.3) is 0 Å². The molecule has 0 unspecified atom stereocenters. The molecule has 0 fully saturated rings. The van der Waals surface area contributed by atoms with Gasteiger partial charge in [-0.15, -0.1) is 0 Å². The molecular formula is C15H26N2O3S. The van der Waals surface area contributed by atoms with E-state index in [1.165, 1.54) is 7.05 Å². The van der Waals surface area contributed by atoms with Crippen molar-refractivity contribution in [3.05, 3.63) is 29.8 Å². The van der Waals surface area contributed by atoms with Crippen LogP contribution in [-0.4, -0.2) is 34.4 Å². The van der Waals surface area contributed by atoms with Gasteiger partial charge in [-0.25, -0.2) is 13.1 Å². The molecule has 0 spiro atoms. The Kier molecular flexibility index (Phi) is 7.71. The summed E-state index contributed by atoms with van der Waals surface area (Å²) in [6.45, 7) is 6.15. The van der Waals surface area contributed by atoms with Gasteiger partial charge in [-0.05, 0) is 37.1 Å². The molecule has 1 rings (SSSR count). The first-order chi connectivity index (χ1) is 9.93. The van der Waals surface area contributed by atoms with Gasteiger partial charge in [-0.2, -0.15) is 0 Å². The van der Waals surface area contributed by atoms with Gasteiger partial charge in [-0.3, -0.25) is 0 Å². The Bertz CT molecular complexity index is 498. The number of nitrogens with one attached hydrogen (secondary N) is 2. The highest BCUT2D eigenvalue weighted by Crippen LogP contribution is 2.13. The zero-order valence-corrected chi connectivity index (χ0v) is 13.9. The Morgan fingerprint density at radius 2 is 1.86 bits per heavy atom. The molecule has 2 N–H and O–H groups in total. The average Bonchev–Trinajstić information content (AvgIpc) is 2.45. The minimum Gasteiger partial charge on any atom is -0.494 e. The van der Waals surface area contributed by atoms with E-state index in [0.717, 1.165) is 24.3 Å². The molecule has 0 aliphatic carbocycles. The van der Waals surface area contributed by atoms with Crippen LogP contribution in [0.3, 0.4) is 0 Å². The molecule has 0 amide bonds. The first kappa shape index (κ1) is 17.9. The van der Waals surface area contributed by atoms with Gasteiger partial charge >= 0.3 is 0 Å². The second-order valence-corrected chi connectivity index (χ2v) is 7.42. The third-order valence-electron chi connectivity index (χ3n) is 3.07. The summed E-state index contributed by atoms with van der Waals surface area (Å²) >= 11 is 0. The van der Waals surface area contributed by atoms with Crippen LogP contribution < -0.4 is 14.8 Å². The standard InChI is InChI=1S/C15H26N2O3S/c1-13(2)8-10-20-15-6-4-14(5-7-15)12-17-9-11-21(18,19)16-3/h4-7,13,16-17H,8-12H2,1-3H3. The molecule has 5 nitrogen and oxygen atoms in total. The van der Waals surface area contributed by atoms with Crippen LogP contribution in [0.1, 0.15) is 25.8 Å². The maximum absolute atomic E-state index is 11.2. The zero-order valence-electron chi connectivity index (χ0n) is 13.1. The van der Waals surface area contributed by atoms with E-state index in [1.54, 1.807) is 0 Å². The van der Waals surface area contributed by atoms with Gasteiger partial charge in [-0.1, -0.05) is 26.0 Å². The normalized spacial score (nSPS) is 11.8. The number of hydrogen-bond acceptors (Lipinski definition) is 4. The summed E-state index contributed by atoms with van der Waals surface area (Å²) in [6, 6.07) is 7.87. The molecule has 0 atom stereocenters. The van der Waals surface area contributed by atoms with E-state index in [4.69, 9.17) is 4.74 Å². The molecule has 0 aromatic heterocycles. The Hall–Kier alpha value is -1.11. The van der Waals surface area contributed by atoms with E-state index in [-0.39, 0.29) is 5.75 Å². The van der Waals surface area contributed by atoms with Crippen molar-refractivity contribution in [1.29, 1.82) is 0 Å². The lowest BCUT2D eigenvalue weighted by Gasteiger charge is -2.09. The van der Waals surface area contributed by atoms with E-state index < -0.39 is 10.0 Å². The minimum atomic E-state index is -3.13. The molecule has 1 aromatic rings. The number of sulfonamides is 1. The predicted octanol–water partition coefficient (Wildman–Crippen LogP) is 1.75. The van der Waals surface area contributed by atoms with Gasteiger partial charge in [0.05, 0.1) is 12.4 Å². The fourth-order valence-electron chi connectivity index (χ4n) is 1.66. The highest BCUT2D eigenvalue weighted by atomic mass is 32.2. The lowest BCUT2D eigenvalue weighted by Crippen LogP contribution is -2.29. The SMILES string of the molecule is CNS(=O)(=O)CCNCc1ccc(OCCC(C)C)cc1. The average molecular weight is 314 g/mol. The van der Waals surface area contributed by atoms with Crippen molar-refractivity contribution in [3.8, 4) is 5.75 Å². The fraction of sp³-hybridized carbons (Fsp3) is 0.600. The van der Waals surface area contributed by atoms with Crippen molar-refractivity contribution in [2.24, 2.45) is 5.92 Å². The molecule has 0 saturated carbocycles. The van der Waals surface area contributed by atoms with Gasteiger partial charge in [0.15, 0.2) is 0 Å². The van der Waals surface area contributed by atoms with Crippen LogP contribution >= 0.6 is 0 Å². The monoisotopic (exact) mass is 314 g/mol. The zero-order chi connectivity index (χ0) is 15.7. The van der Waals surface area contributed by atoms with Gasteiger partial charge in [0.2, 0.25) is 10.0 Å². The largest absolute Gasteiger partial charge is 0.494 e. The van der Waals surface area contributed by atoms with Crippen LogP contribution in [0.25, 0.3) is 0 Å². The van der Waals surface area contributed by atoms with Crippen molar-refractivity contribution < 1.29 is 13.2 Å². The Balaban J connectivity index is 2.28. The quantitative estimate of drug-likeness (QED) is 0.646. The molecule has 0 radical (unpaired) electrons. The number of ether oxygens (including phenoxy) is 1. The molecule has 0 aliphatic rings. The van der Waals surface area contributed by atoms with E-state index in [9.17, 15) is 8.42 Å². The van der Waals surface area contributed by atoms with E-state index in [0.29, 0.717) is 19.0 Å². The summed E-state index contributed by atoms with van der Waals surface area (Å²) in [4.78, 5) is 0. The molecule has 0 saturated heterocycles. The number of hydrogen-bond donors (Lipinski definition) is 2. The summed E-state index contributed by atoms with van der Waals surface area (Å²) in [7, 11) is -1.71. The van der Waals surface area contributed by atoms with E-state index in [1.807, 2.05) is 24.3 Å². The van der Waals surface area contributed by atoms with Gasteiger partial charge in [0, 0.05) is 13.1 Å². The topological polar surface area (TPSA) is 67.4 Å². The van der Waals surface area contributed by atoms with Gasteiger partial charge in [0.1, 0.15) is 5.75 Å². The maximum atomic E-state index is 11.2. The van der Waals surface area contributed by atoms with Crippen LogP contribution in [0, 0.1) is 5.92 Å². The van der Waals surface area contributed by atoms with E-state index in [2.05, 4.69) is 23.9 Å². The summed E-state index contributed by atoms with van der Waals surface area (Å²) < 4.78 is 30.4. The van der Waals surface area contributed by atoms with E-state index >= 15 is 0 Å². The molecule has 21 heavy (non-hydrogen) atoms. The summed E-state index contributed by atoms with van der Waals surface area (Å²) in [5.74, 6) is 1.60. The minimum absolute atomic E-state index is 0.0832. The highest BCUT2D eigenvalue weighted by Gasteiger charge is 2.05. The smallest absolute Gasteiger partial charge is 0.212 e. The van der Waals surface area contributed by atoms with Crippen LogP contribution in [0.15, 0.2) is 24.3 Å². The molecule has 120 valence electrons. The molecule has 0 aliphatic heterocycles. The summed E-state index contributed by atoms with van der Waals surface area (Å²) in [5, 5.41) is 3.11. The molecule has 0 heterocycles. The summed E-state index contributed by atoms with van der Waals surface area (Å²) in [5.41, 5.74) is 1.10. The Morgan fingerprint density at radius 1 is 1.19 bits per heavy atom. The Morgan fingerprint density at radius 3 is 2.43 bits per heavy atom. The van der Waals surface area contributed by atoms with Crippen molar-refractivity contribution in [2.45, 2.75) is 26.8 Å². The van der Waals surface area contributed by atoms with Crippen LogP contribution in [0.2, 0.25) is 0 Å². The summed E-state index contributed by atoms with van der Waals surface area (Å²) in [6.07, 6.45) is 1.04. The maximum Gasteiger partial charge on any atom is 0.212 e. The Labute approximate surface area is 128 Å². The second-order valence-electron chi connectivity index (χ2n) is 5.37. The lowest BCUT2D eigenvalue weighted by atomic mass is 10.1. The number of rotatable bonds is 10. The molecule has 6 heteroatoms. The van der Waals surface area contributed by atoms with Gasteiger partial charge < -0.3 is 10.1 Å². The number of benzene rings is 1. The van der Waals surface area contributed by atoms with Crippen LogP contribution in [-0.2, 0) is 16.6 Å². The third kappa shape index (κ3) is 8.04. The molecule has 0 bridgehead atoms. The van der Waals surface area contributed by atoms with Crippen molar-refractivity contribution in [1.82, 2.24) is 10.0 Å². The highest BCUT2D eigenvalue weighted by molar-refractivity contribution is 7.89. The molecule has 1 aromatic carbocycles. The fourth-order valence-corrected chi connectivity index (χ4v) is 2.27. The van der Waals surface area contributed by atoms with Crippen LogP contribution in [0.5, 0.6) is 5.75 Å². The first-order valence-corrected chi connectivity index (χ1v) is 8.92. The van der Waals surface area contributed by atoms with Crippen molar-refractivity contribution in [3.63, 3.8) is 0 Å². The third-order valence-corrected chi connectivity index (χ3v) is 4.44. The van der Waals surface area contributed by atoms with Crippen molar-refractivity contribution >= 4 is 10.0 Å². The predicted molar refractivity (Wildman–Crippen MR) is 85.9 cm³/mol.